The van der Waals surface area contributed by atoms with Gasteiger partial charge in [-0.3, -0.25) is 9.59 Å². The molecule has 98 valence electrons. The summed E-state index contributed by atoms with van der Waals surface area (Å²) in [7, 11) is 5.03. The first-order chi connectivity index (χ1) is 8.50. The van der Waals surface area contributed by atoms with E-state index in [-0.39, 0.29) is 18.4 Å². The summed E-state index contributed by atoms with van der Waals surface area (Å²) in [6, 6.07) is 9.86. The van der Waals surface area contributed by atoms with Gasteiger partial charge in [0.25, 0.3) is 0 Å². The van der Waals surface area contributed by atoms with Crippen LogP contribution in [0.5, 0.6) is 0 Å². The van der Waals surface area contributed by atoms with Crippen molar-refractivity contribution in [2.24, 2.45) is 0 Å². The maximum absolute atomic E-state index is 11.8. The molecule has 0 N–H and O–H groups in total. The number of benzene rings is 1. The van der Waals surface area contributed by atoms with Crippen molar-refractivity contribution in [3.8, 4) is 0 Å². The molecule has 0 aliphatic carbocycles. The topological polar surface area (TPSA) is 40.6 Å². The van der Waals surface area contributed by atoms with E-state index in [0.29, 0.717) is 12.8 Å². The maximum Gasteiger partial charge on any atom is 0.241 e. The second-order valence-electron chi connectivity index (χ2n) is 4.52. The lowest BCUT2D eigenvalue weighted by Gasteiger charge is -2.19. The molecule has 0 aliphatic rings. The molecule has 1 rings (SSSR count). The first-order valence-electron chi connectivity index (χ1n) is 5.98. The molecule has 0 aliphatic heterocycles. The number of likely N-dealkylation sites (N-methyl/N-ethyl adjacent to an activating group) is 2. The highest BCUT2D eigenvalue weighted by Gasteiger charge is 2.13. The average Bonchev–Trinajstić information content (AvgIpc) is 2.36. The molecule has 0 radical (unpaired) electrons. The van der Waals surface area contributed by atoms with Crippen molar-refractivity contribution in [1.82, 2.24) is 9.80 Å². The van der Waals surface area contributed by atoms with Crippen molar-refractivity contribution in [2.75, 3.05) is 27.7 Å². The van der Waals surface area contributed by atoms with E-state index in [1.165, 1.54) is 9.80 Å². The largest absolute Gasteiger partial charge is 0.347 e. The summed E-state index contributed by atoms with van der Waals surface area (Å²) in [5.74, 6) is -0.0698. The lowest BCUT2D eigenvalue weighted by Crippen LogP contribution is -2.37. The Hall–Kier alpha value is -1.84. The summed E-state index contributed by atoms with van der Waals surface area (Å²) in [6.45, 7) is 0.140. The molecule has 4 nitrogen and oxygen atoms in total. The predicted octanol–water partition coefficient (Wildman–Crippen LogP) is 1.17. The van der Waals surface area contributed by atoms with Crippen LogP contribution in [-0.2, 0) is 16.0 Å². The Morgan fingerprint density at radius 3 is 2.17 bits per heavy atom. The van der Waals surface area contributed by atoms with Gasteiger partial charge in [-0.25, -0.2) is 0 Å². The molecule has 0 saturated carbocycles. The van der Waals surface area contributed by atoms with Gasteiger partial charge in [-0.1, -0.05) is 30.3 Å². The summed E-state index contributed by atoms with van der Waals surface area (Å²) in [4.78, 5) is 26.3. The molecule has 18 heavy (non-hydrogen) atoms. The highest BCUT2D eigenvalue weighted by atomic mass is 16.2. The Kier molecular flexibility index (Phi) is 5.36. The molecule has 0 heterocycles. The number of rotatable bonds is 5. The SMILES string of the molecule is CN(C)C(=O)CN(C)C(=O)CCc1ccccc1. The molecule has 2 amide bonds. The molecule has 0 atom stereocenters. The number of nitrogens with zero attached hydrogens (tertiary/aromatic N) is 2. The van der Waals surface area contributed by atoms with Gasteiger partial charge >= 0.3 is 0 Å². The van der Waals surface area contributed by atoms with Crippen molar-refractivity contribution in [1.29, 1.82) is 0 Å². The zero-order valence-electron chi connectivity index (χ0n) is 11.2. The van der Waals surface area contributed by atoms with Crippen LogP contribution in [0.2, 0.25) is 0 Å². The van der Waals surface area contributed by atoms with Crippen molar-refractivity contribution >= 4 is 11.8 Å². The molecule has 0 fully saturated rings. The molecule has 1 aromatic rings. The third-order valence-electron chi connectivity index (χ3n) is 2.77. The Labute approximate surface area is 108 Å². The van der Waals surface area contributed by atoms with Crippen LogP contribution in [0.25, 0.3) is 0 Å². The minimum atomic E-state index is -0.0643. The molecule has 1 aromatic carbocycles. The van der Waals surface area contributed by atoms with Gasteiger partial charge in [0.2, 0.25) is 11.8 Å². The van der Waals surface area contributed by atoms with Crippen LogP contribution in [0, 0.1) is 0 Å². The van der Waals surface area contributed by atoms with Crippen molar-refractivity contribution in [3.05, 3.63) is 35.9 Å². The standard InChI is InChI=1S/C14H20N2O2/c1-15(2)14(18)11-16(3)13(17)10-9-12-7-5-4-6-8-12/h4-8H,9-11H2,1-3H3. The van der Waals surface area contributed by atoms with Gasteiger partial charge in [-0.05, 0) is 12.0 Å². The average molecular weight is 248 g/mol. The first kappa shape index (κ1) is 14.2. The summed E-state index contributed by atoms with van der Waals surface area (Å²) in [6.07, 6.45) is 1.14. The lowest BCUT2D eigenvalue weighted by atomic mass is 10.1. The van der Waals surface area contributed by atoms with Crippen LogP contribution in [0.4, 0.5) is 0 Å². The quantitative estimate of drug-likeness (QED) is 0.784. The third-order valence-corrected chi connectivity index (χ3v) is 2.77. The van der Waals surface area contributed by atoms with Gasteiger partial charge in [0.05, 0.1) is 6.54 Å². The van der Waals surface area contributed by atoms with E-state index in [1.54, 1.807) is 21.1 Å². The van der Waals surface area contributed by atoms with E-state index in [0.717, 1.165) is 5.56 Å². The molecular weight excluding hydrogens is 228 g/mol. The molecule has 0 spiro atoms. The molecule has 0 aromatic heterocycles. The monoisotopic (exact) mass is 248 g/mol. The summed E-state index contributed by atoms with van der Waals surface area (Å²) >= 11 is 0. The summed E-state index contributed by atoms with van der Waals surface area (Å²) in [5, 5.41) is 0. The van der Waals surface area contributed by atoms with Gasteiger partial charge < -0.3 is 9.80 Å². The molecule has 4 heteroatoms. The van der Waals surface area contributed by atoms with Crippen molar-refractivity contribution in [3.63, 3.8) is 0 Å². The number of amides is 2. The van der Waals surface area contributed by atoms with Crippen LogP contribution < -0.4 is 0 Å². The molecular formula is C14H20N2O2. The highest BCUT2D eigenvalue weighted by Crippen LogP contribution is 2.04. The smallest absolute Gasteiger partial charge is 0.241 e. The van der Waals surface area contributed by atoms with E-state index in [1.807, 2.05) is 30.3 Å². The number of carbonyl (C=O) groups excluding carboxylic acids is 2. The fourth-order valence-electron chi connectivity index (χ4n) is 1.52. The lowest BCUT2D eigenvalue weighted by molar-refractivity contribution is -0.137. The maximum atomic E-state index is 11.8. The number of hydrogen-bond donors (Lipinski definition) is 0. The highest BCUT2D eigenvalue weighted by molar-refractivity contribution is 5.84. The Bertz CT molecular complexity index is 402. The second kappa shape index (κ2) is 6.79. The molecule has 0 saturated heterocycles. The number of carbonyl (C=O) groups is 2. The van der Waals surface area contributed by atoms with Gasteiger partial charge in [0.1, 0.15) is 0 Å². The van der Waals surface area contributed by atoms with E-state index in [9.17, 15) is 9.59 Å². The Balaban J connectivity index is 2.39. The summed E-state index contributed by atoms with van der Waals surface area (Å²) in [5.41, 5.74) is 1.14. The second-order valence-corrected chi connectivity index (χ2v) is 4.52. The Morgan fingerprint density at radius 2 is 1.61 bits per heavy atom. The van der Waals surface area contributed by atoms with Crippen molar-refractivity contribution in [2.45, 2.75) is 12.8 Å². The van der Waals surface area contributed by atoms with Crippen LogP contribution in [-0.4, -0.2) is 49.3 Å². The van der Waals surface area contributed by atoms with Gasteiger partial charge in [0, 0.05) is 27.6 Å². The summed E-state index contributed by atoms with van der Waals surface area (Å²) < 4.78 is 0. The Morgan fingerprint density at radius 1 is 1.00 bits per heavy atom. The predicted molar refractivity (Wildman–Crippen MR) is 71.1 cm³/mol. The van der Waals surface area contributed by atoms with E-state index in [4.69, 9.17) is 0 Å². The number of hydrogen-bond acceptors (Lipinski definition) is 2. The van der Waals surface area contributed by atoms with E-state index >= 15 is 0 Å². The molecule has 0 bridgehead atoms. The normalized spacial score (nSPS) is 9.94. The molecule has 0 unspecified atom stereocenters. The van der Waals surface area contributed by atoms with E-state index < -0.39 is 0 Å². The van der Waals surface area contributed by atoms with Gasteiger partial charge in [-0.15, -0.1) is 0 Å². The fourth-order valence-corrected chi connectivity index (χ4v) is 1.52. The van der Waals surface area contributed by atoms with E-state index in [2.05, 4.69) is 0 Å². The first-order valence-corrected chi connectivity index (χ1v) is 5.98. The minimum absolute atomic E-state index is 0.00551. The van der Waals surface area contributed by atoms with Crippen LogP contribution >= 0.6 is 0 Å². The van der Waals surface area contributed by atoms with Crippen LogP contribution in [0.15, 0.2) is 30.3 Å². The van der Waals surface area contributed by atoms with Crippen molar-refractivity contribution < 1.29 is 9.59 Å². The van der Waals surface area contributed by atoms with Gasteiger partial charge in [-0.2, -0.15) is 0 Å². The van der Waals surface area contributed by atoms with Crippen LogP contribution in [0.3, 0.4) is 0 Å². The number of aryl methyl sites for hydroxylation is 1. The fraction of sp³-hybridized carbons (Fsp3) is 0.429. The third kappa shape index (κ3) is 4.57. The minimum Gasteiger partial charge on any atom is -0.347 e. The zero-order chi connectivity index (χ0) is 13.5. The van der Waals surface area contributed by atoms with Crippen LogP contribution in [0.1, 0.15) is 12.0 Å². The van der Waals surface area contributed by atoms with Gasteiger partial charge in [0.15, 0.2) is 0 Å². The zero-order valence-corrected chi connectivity index (χ0v) is 11.2.